The van der Waals surface area contributed by atoms with E-state index < -0.39 is 9.84 Å². The zero-order chi connectivity index (χ0) is 16.9. The van der Waals surface area contributed by atoms with Crippen molar-refractivity contribution in [2.45, 2.75) is 52.0 Å². The number of unbranched alkanes of at least 4 members (excludes halogenated alkanes) is 1. The molecule has 0 bridgehead atoms. The first kappa shape index (κ1) is 18.0. The zero-order valence-corrected chi connectivity index (χ0v) is 14.9. The van der Waals surface area contributed by atoms with Crippen LogP contribution in [0.5, 0.6) is 0 Å². The van der Waals surface area contributed by atoms with Gasteiger partial charge in [0, 0.05) is 18.2 Å². The van der Waals surface area contributed by atoms with E-state index in [0.29, 0.717) is 18.5 Å². The van der Waals surface area contributed by atoms with Crippen LogP contribution in [-0.2, 0) is 16.3 Å². The third-order valence-electron chi connectivity index (χ3n) is 4.40. The molecule has 1 amide bonds. The van der Waals surface area contributed by atoms with E-state index in [2.05, 4.69) is 13.8 Å². The third-order valence-corrected chi connectivity index (χ3v) is 6.15. The van der Waals surface area contributed by atoms with E-state index in [1.165, 1.54) is 5.56 Å². The highest BCUT2D eigenvalue weighted by atomic mass is 32.2. The maximum Gasteiger partial charge on any atom is 0.254 e. The fraction of sp³-hybridized carbons (Fsp3) is 0.611. The summed E-state index contributed by atoms with van der Waals surface area (Å²) in [4.78, 5) is 14.6. The number of carbonyl (C=O) groups excluding carboxylic acids is 1. The Morgan fingerprint density at radius 2 is 1.87 bits per heavy atom. The summed E-state index contributed by atoms with van der Waals surface area (Å²) in [5.74, 6) is 0.267. The van der Waals surface area contributed by atoms with Gasteiger partial charge in [-0.2, -0.15) is 0 Å². The van der Waals surface area contributed by atoms with Crippen LogP contribution in [0.15, 0.2) is 24.3 Å². The van der Waals surface area contributed by atoms with Crippen molar-refractivity contribution in [3.63, 3.8) is 0 Å². The molecule has 1 unspecified atom stereocenters. The lowest BCUT2D eigenvalue weighted by Gasteiger charge is -2.28. The Morgan fingerprint density at radius 3 is 2.39 bits per heavy atom. The molecule has 1 aromatic carbocycles. The molecule has 23 heavy (non-hydrogen) atoms. The normalized spacial score (nSPS) is 19.7. The quantitative estimate of drug-likeness (QED) is 0.768. The highest BCUT2D eigenvalue weighted by molar-refractivity contribution is 7.91. The predicted octanol–water partition coefficient (Wildman–Crippen LogP) is 3.07. The Labute approximate surface area is 139 Å². The van der Waals surface area contributed by atoms with Crippen molar-refractivity contribution < 1.29 is 13.2 Å². The van der Waals surface area contributed by atoms with Gasteiger partial charge in [-0.05, 0) is 37.0 Å². The summed E-state index contributed by atoms with van der Waals surface area (Å²) >= 11 is 0. The highest BCUT2D eigenvalue weighted by Gasteiger charge is 2.34. The fourth-order valence-corrected chi connectivity index (χ4v) is 4.80. The lowest BCUT2D eigenvalue weighted by Crippen LogP contribution is -2.41. The lowest BCUT2D eigenvalue weighted by atomic mass is 10.1. The molecule has 2 rings (SSSR count). The van der Waals surface area contributed by atoms with Gasteiger partial charge in [0.1, 0.15) is 0 Å². The van der Waals surface area contributed by atoms with E-state index in [4.69, 9.17) is 0 Å². The summed E-state index contributed by atoms with van der Waals surface area (Å²) in [5, 5.41) is 0. The van der Waals surface area contributed by atoms with Crippen LogP contribution in [0, 0.1) is 0 Å². The molecule has 0 aliphatic carbocycles. The van der Waals surface area contributed by atoms with E-state index in [9.17, 15) is 13.2 Å². The molecule has 4 nitrogen and oxygen atoms in total. The first-order chi connectivity index (χ1) is 11.0. The van der Waals surface area contributed by atoms with Gasteiger partial charge in [-0.1, -0.05) is 38.8 Å². The van der Waals surface area contributed by atoms with E-state index in [-0.39, 0.29) is 23.5 Å². The summed E-state index contributed by atoms with van der Waals surface area (Å²) in [7, 11) is -2.99. The molecule has 0 N–H and O–H groups in total. The van der Waals surface area contributed by atoms with Gasteiger partial charge in [0.25, 0.3) is 5.91 Å². The molecule has 1 aliphatic heterocycles. The first-order valence-corrected chi connectivity index (χ1v) is 10.4. The molecule has 0 radical (unpaired) electrons. The molecule has 0 spiro atoms. The van der Waals surface area contributed by atoms with E-state index in [0.717, 1.165) is 25.7 Å². The van der Waals surface area contributed by atoms with Gasteiger partial charge in [0.2, 0.25) is 0 Å². The van der Waals surface area contributed by atoms with Crippen molar-refractivity contribution in [2.75, 3.05) is 18.1 Å². The highest BCUT2D eigenvalue weighted by Crippen LogP contribution is 2.21. The average molecular weight is 337 g/mol. The van der Waals surface area contributed by atoms with Crippen molar-refractivity contribution in [3.05, 3.63) is 35.4 Å². The number of hydrogen-bond donors (Lipinski definition) is 0. The fourth-order valence-electron chi connectivity index (χ4n) is 3.07. The van der Waals surface area contributed by atoms with Crippen LogP contribution in [0.1, 0.15) is 55.5 Å². The Hall–Kier alpha value is -1.36. The van der Waals surface area contributed by atoms with Gasteiger partial charge in [-0.3, -0.25) is 4.79 Å². The van der Waals surface area contributed by atoms with Crippen molar-refractivity contribution in [1.82, 2.24) is 4.90 Å². The summed E-state index contributed by atoms with van der Waals surface area (Å²) in [6.07, 6.45) is 4.53. The number of aryl methyl sites for hydroxylation is 1. The Balaban J connectivity index is 2.15. The van der Waals surface area contributed by atoms with Crippen molar-refractivity contribution in [1.29, 1.82) is 0 Å². The standard InChI is InChI=1S/C18H27NO3S/c1-3-5-12-19(17-11-13-23(21,22)14-17)18(20)16-9-7-15(6-4-2)8-10-16/h7-10,17H,3-6,11-14H2,1-2H3. The summed E-state index contributed by atoms with van der Waals surface area (Å²) in [5.41, 5.74) is 1.89. The van der Waals surface area contributed by atoms with Crippen molar-refractivity contribution in [3.8, 4) is 0 Å². The second-order valence-electron chi connectivity index (χ2n) is 6.36. The zero-order valence-electron chi connectivity index (χ0n) is 14.1. The number of carbonyl (C=O) groups is 1. The SMILES string of the molecule is CCCCN(C(=O)c1ccc(CCC)cc1)C1CCS(=O)(=O)C1. The van der Waals surface area contributed by atoms with Crippen LogP contribution < -0.4 is 0 Å². The second-order valence-corrected chi connectivity index (χ2v) is 8.58. The van der Waals surface area contributed by atoms with Crippen LogP contribution in [0.25, 0.3) is 0 Å². The van der Waals surface area contributed by atoms with E-state index in [1.807, 2.05) is 24.3 Å². The molecule has 128 valence electrons. The van der Waals surface area contributed by atoms with Crippen LogP contribution in [-0.4, -0.2) is 43.3 Å². The minimum atomic E-state index is -2.99. The average Bonchev–Trinajstić information content (AvgIpc) is 2.88. The third kappa shape index (κ3) is 4.80. The molecule has 1 heterocycles. The van der Waals surface area contributed by atoms with Gasteiger partial charge < -0.3 is 4.90 Å². The van der Waals surface area contributed by atoms with Gasteiger partial charge in [-0.25, -0.2) is 8.42 Å². The summed E-state index contributed by atoms with van der Waals surface area (Å²) < 4.78 is 23.5. The minimum absolute atomic E-state index is 0.0383. The van der Waals surface area contributed by atoms with Crippen LogP contribution in [0.3, 0.4) is 0 Å². The number of rotatable bonds is 7. The molecule has 1 aromatic rings. The summed E-state index contributed by atoms with van der Waals surface area (Å²) in [6.45, 7) is 4.84. The lowest BCUT2D eigenvalue weighted by molar-refractivity contribution is 0.0694. The Kier molecular flexibility index (Phi) is 6.22. The molecule has 1 atom stereocenters. The molecule has 1 fully saturated rings. The van der Waals surface area contributed by atoms with Crippen LogP contribution >= 0.6 is 0 Å². The van der Waals surface area contributed by atoms with Crippen LogP contribution in [0.4, 0.5) is 0 Å². The van der Waals surface area contributed by atoms with E-state index >= 15 is 0 Å². The number of hydrogen-bond acceptors (Lipinski definition) is 3. The molecule has 1 aliphatic rings. The number of benzene rings is 1. The van der Waals surface area contributed by atoms with Crippen molar-refractivity contribution >= 4 is 15.7 Å². The maximum atomic E-state index is 12.8. The topological polar surface area (TPSA) is 54.5 Å². The van der Waals surface area contributed by atoms with E-state index in [1.54, 1.807) is 4.90 Å². The van der Waals surface area contributed by atoms with Gasteiger partial charge in [0.15, 0.2) is 9.84 Å². The molecule has 5 heteroatoms. The number of amides is 1. The number of sulfone groups is 1. The minimum Gasteiger partial charge on any atom is -0.335 e. The molecule has 0 saturated carbocycles. The smallest absolute Gasteiger partial charge is 0.254 e. The first-order valence-electron chi connectivity index (χ1n) is 8.57. The second kappa shape index (κ2) is 7.95. The maximum absolute atomic E-state index is 12.8. The Bertz CT molecular complexity index is 622. The van der Waals surface area contributed by atoms with Crippen LogP contribution in [0.2, 0.25) is 0 Å². The summed E-state index contributed by atoms with van der Waals surface area (Å²) in [6, 6.07) is 7.57. The number of nitrogens with zero attached hydrogens (tertiary/aromatic N) is 1. The monoisotopic (exact) mass is 337 g/mol. The van der Waals surface area contributed by atoms with Crippen molar-refractivity contribution in [2.24, 2.45) is 0 Å². The Morgan fingerprint density at radius 1 is 1.17 bits per heavy atom. The van der Waals surface area contributed by atoms with Gasteiger partial charge in [0.05, 0.1) is 11.5 Å². The molecule has 0 aromatic heterocycles. The molecule has 1 saturated heterocycles. The largest absolute Gasteiger partial charge is 0.335 e. The van der Waals surface area contributed by atoms with Gasteiger partial charge in [-0.15, -0.1) is 0 Å². The van der Waals surface area contributed by atoms with Gasteiger partial charge >= 0.3 is 0 Å². The molecular weight excluding hydrogens is 310 g/mol. The molecular formula is C18H27NO3S. The predicted molar refractivity (Wildman–Crippen MR) is 93.4 cm³/mol.